The Hall–Kier alpha value is -1.75. The van der Waals surface area contributed by atoms with Crippen molar-refractivity contribution in [1.29, 1.82) is 0 Å². The van der Waals surface area contributed by atoms with Gasteiger partial charge < -0.3 is 9.84 Å². The van der Waals surface area contributed by atoms with Crippen LogP contribution in [0.1, 0.15) is 45.4 Å². The highest BCUT2D eigenvalue weighted by atomic mass is 16.5. The Morgan fingerprint density at radius 1 is 1.25 bits per heavy atom. The molecule has 20 heavy (non-hydrogen) atoms. The van der Waals surface area contributed by atoms with E-state index in [1.807, 2.05) is 12.1 Å². The van der Waals surface area contributed by atoms with Gasteiger partial charge in [-0.1, -0.05) is 25.9 Å². The van der Waals surface area contributed by atoms with Gasteiger partial charge in [0.15, 0.2) is 0 Å². The van der Waals surface area contributed by atoms with E-state index >= 15 is 0 Å². The Labute approximate surface area is 119 Å². The molecule has 0 saturated heterocycles. The van der Waals surface area contributed by atoms with E-state index in [1.54, 1.807) is 12.4 Å². The molecule has 2 heterocycles. The summed E-state index contributed by atoms with van der Waals surface area (Å²) in [6.07, 6.45) is 5.61. The van der Waals surface area contributed by atoms with Crippen LogP contribution in [-0.2, 0) is 0 Å². The minimum Gasteiger partial charge on any atom is -0.339 e. The largest absolute Gasteiger partial charge is 0.339 e. The van der Waals surface area contributed by atoms with Gasteiger partial charge in [-0.15, -0.1) is 0 Å². The van der Waals surface area contributed by atoms with Crippen LogP contribution in [-0.4, -0.2) is 27.7 Å². The number of nitrogens with zero attached hydrogens (tertiary/aromatic N) is 3. The fraction of sp³-hybridized carbons (Fsp3) is 0.533. The fourth-order valence-electron chi connectivity index (χ4n) is 2.21. The Morgan fingerprint density at radius 2 is 2.00 bits per heavy atom. The lowest BCUT2D eigenvalue weighted by atomic mass is 9.99. The van der Waals surface area contributed by atoms with Crippen molar-refractivity contribution in [2.45, 2.75) is 45.6 Å². The third kappa shape index (κ3) is 3.42. The fourth-order valence-corrected chi connectivity index (χ4v) is 2.21. The quantitative estimate of drug-likeness (QED) is 0.840. The van der Waals surface area contributed by atoms with Gasteiger partial charge in [-0.05, 0) is 31.5 Å². The van der Waals surface area contributed by atoms with Gasteiger partial charge in [0.2, 0.25) is 11.7 Å². The van der Waals surface area contributed by atoms with E-state index in [4.69, 9.17) is 4.52 Å². The average molecular weight is 274 g/mol. The van der Waals surface area contributed by atoms with E-state index in [9.17, 15) is 0 Å². The summed E-state index contributed by atoms with van der Waals surface area (Å²) >= 11 is 0. The second kappa shape index (κ2) is 7.14. The lowest BCUT2D eigenvalue weighted by molar-refractivity contribution is 0.319. The van der Waals surface area contributed by atoms with Gasteiger partial charge >= 0.3 is 0 Å². The summed E-state index contributed by atoms with van der Waals surface area (Å²) in [4.78, 5) is 8.50. The predicted molar refractivity (Wildman–Crippen MR) is 78.3 cm³/mol. The highest BCUT2D eigenvalue weighted by molar-refractivity contribution is 5.52. The summed E-state index contributed by atoms with van der Waals surface area (Å²) in [5.41, 5.74) is 0.928. The smallest absolute Gasteiger partial charge is 0.231 e. The van der Waals surface area contributed by atoms with Crippen LogP contribution < -0.4 is 5.32 Å². The Morgan fingerprint density at radius 3 is 2.65 bits per heavy atom. The summed E-state index contributed by atoms with van der Waals surface area (Å²) in [6.45, 7) is 7.47. The van der Waals surface area contributed by atoms with E-state index in [2.05, 4.69) is 41.2 Å². The molecule has 0 aliphatic heterocycles. The topological polar surface area (TPSA) is 63.8 Å². The maximum Gasteiger partial charge on any atom is 0.231 e. The molecule has 5 nitrogen and oxygen atoms in total. The van der Waals surface area contributed by atoms with Gasteiger partial charge in [0.05, 0.1) is 5.92 Å². The lowest BCUT2D eigenvalue weighted by Crippen LogP contribution is -2.33. The van der Waals surface area contributed by atoms with Gasteiger partial charge in [0.1, 0.15) is 0 Å². The summed E-state index contributed by atoms with van der Waals surface area (Å²) in [7, 11) is 0. The van der Waals surface area contributed by atoms with Crippen LogP contribution in [0.2, 0.25) is 0 Å². The standard InChI is InChI=1S/C15H22N4O/c1-4-8-17-13(5-2)11(3)15-18-14(19-20-15)12-6-9-16-10-7-12/h6-7,9-11,13,17H,4-5,8H2,1-3H3. The lowest BCUT2D eigenvalue weighted by Gasteiger charge is -2.20. The molecule has 0 spiro atoms. The van der Waals surface area contributed by atoms with Crippen molar-refractivity contribution in [3.8, 4) is 11.4 Å². The normalized spacial score (nSPS) is 14.2. The van der Waals surface area contributed by atoms with Crippen LogP contribution in [0.4, 0.5) is 0 Å². The molecular formula is C15H22N4O. The Balaban J connectivity index is 2.11. The Bertz CT molecular complexity index is 512. The molecule has 1 N–H and O–H groups in total. The molecule has 2 unspecified atom stereocenters. The zero-order valence-corrected chi connectivity index (χ0v) is 12.3. The second-order valence-corrected chi connectivity index (χ2v) is 4.95. The highest BCUT2D eigenvalue weighted by Gasteiger charge is 2.22. The SMILES string of the molecule is CCCNC(CC)C(C)c1nc(-c2ccncc2)no1. The molecule has 0 radical (unpaired) electrons. The van der Waals surface area contributed by atoms with Crippen molar-refractivity contribution < 1.29 is 4.52 Å². The van der Waals surface area contributed by atoms with Crippen LogP contribution in [0.5, 0.6) is 0 Å². The van der Waals surface area contributed by atoms with Crippen molar-refractivity contribution in [3.63, 3.8) is 0 Å². The summed E-state index contributed by atoms with van der Waals surface area (Å²) in [5.74, 6) is 1.52. The summed E-state index contributed by atoms with van der Waals surface area (Å²) in [5, 5.41) is 7.59. The molecule has 5 heteroatoms. The Kier molecular flexibility index (Phi) is 5.24. The average Bonchev–Trinajstić information content (AvgIpc) is 2.98. The predicted octanol–water partition coefficient (Wildman–Crippen LogP) is 3.01. The number of hydrogen-bond donors (Lipinski definition) is 1. The molecule has 2 aromatic heterocycles. The van der Waals surface area contributed by atoms with Crippen molar-refractivity contribution in [2.24, 2.45) is 0 Å². The number of rotatable bonds is 7. The molecule has 108 valence electrons. The number of nitrogens with one attached hydrogen (secondary N) is 1. The van der Waals surface area contributed by atoms with Crippen LogP contribution in [0, 0.1) is 0 Å². The van der Waals surface area contributed by atoms with Crippen molar-refractivity contribution in [2.75, 3.05) is 6.54 Å². The minimum absolute atomic E-state index is 0.203. The monoisotopic (exact) mass is 274 g/mol. The maximum absolute atomic E-state index is 5.42. The van der Waals surface area contributed by atoms with Crippen LogP contribution in [0.15, 0.2) is 29.0 Å². The highest BCUT2D eigenvalue weighted by Crippen LogP contribution is 2.22. The molecular weight excluding hydrogens is 252 g/mol. The van der Waals surface area contributed by atoms with Crippen molar-refractivity contribution in [3.05, 3.63) is 30.4 Å². The molecule has 2 aromatic rings. The molecule has 2 atom stereocenters. The second-order valence-electron chi connectivity index (χ2n) is 4.95. The molecule has 0 fully saturated rings. The molecule has 0 aliphatic carbocycles. The number of hydrogen-bond acceptors (Lipinski definition) is 5. The maximum atomic E-state index is 5.42. The minimum atomic E-state index is 0.203. The van der Waals surface area contributed by atoms with E-state index in [-0.39, 0.29) is 5.92 Å². The summed E-state index contributed by atoms with van der Waals surface area (Å²) < 4.78 is 5.42. The first-order valence-electron chi connectivity index (χ1n) is 7.23. The summed E-state index contributed by atoms with van der Waals surface area (Å²) in [6, 6.07) is 4.12. The van der Waals surface area contributed by atoms with Crippen molar-refractivity contribution in [1.82, 2.24) is 20.4 Å². The van der Waals surface area contributed by atoms with Crippen LogP contribution >= 0.6 is 0 Å². The van der Waals surface area contributed by atoms with Gasteiger partial charge in [-0.2, -0.15) is 4.98 Å². The molecule has 0 aliphatic rings. The van der Waals surface area contributed by atoms with Gasteiger partial charge in [-0.25, -0.2) is 0 Å². The number of aromatic nitrogens is 3. The first-order chi connectivity index (χ1) is 9.76. The van der Waals surface area contributed by atoms with E-state index in [0.717, 1.165) is 24.9 Å². The van der Waals surface area contributed by atoms with Crippen molar-refractivity contribution >= 4 is 0 Å². The zero-order chi connectivity index (χ0) is 14.4. The third-order valence-corrected chi connectivity index (χ3v) is 3.47. The first kappa shape index (κ1) is 14.7. The molecule has 2 rings (SSSR count). The third-order valence-electron chi connectivity index (χ3n) is 3.47. The first-order valence-corrected chi connectivity index (χ1v) is 7.23. The van der Waals surface area contributed by atoms with E-state index in [1.165, 1.54) is 0 Å². The number of pyridine rings is 1. The van der Waals surface area contributed by atoms with Gasteiger partial charge in [-0.3, -0.25) is 4.98 Å². The van der Waals surface area contributed by atoms with E-state index < -0.39 is 0 Å². The molecule has 0 bridgehead atoms. The van der Waals surface area contributed by atoms with E-state index in [0.29, 0.717) is 17.8 Å². The molecule has 0 saturated carbocycles. The van der Waals surface area contributed by atoms with Crippen LogP contribution in [0.3, 0.4) is 0 Å². The van der Waals surface area contributed by atoms with Gasteiger partial charge in [0, 0.05) is 24.0 Å². The zero-order valence-electron chi connectivity index (χ0n) is 12.3. The molecule has 0 aromatic carbocycles. The molecule has 0 amide bonds. The van der Waals surface area contributed by atoms with Gasteiger partial charge in [0.25, 0.3) is 0 Å². The van der Waals surface area contributed by atoms with Crippen LogP contribution in [0.25, 0.3) is 11.4 Å².